The van der Waals surface area contributed by atoms with Crippen LogP contribution in [0.3, 0.4) is 0 Å². The van der Waals surface area contributed by atoms with E-state index in [4.69, 9.17) is 0 Å². The molecule has 0 fully saturated rings. The lowest BCUT2D eigenvalue weighted by atomic mass is 10.2. The Morgan fingerprint density at radius 2 is 1.94 bits per heavy atom. The van der Waals surface area contributed by atoms with Crippen LogP contribution in [0.5, 0.6) is 0 Å². The third-order valence-corrected chi connectivity index (χ3v) is 2.97. The van der Waals surface area contributed by atoms with E-state index >= 15 is 0 Å². The predicted octanol–water partition coefficient (Wildman–Crippen LogP) is 2.21. The summed E-state index contributed by atoms with van der Waals surface area (Å²) in [6, 6.07) is 12.0. The van der Waals surface area contributed by atoms with Crippen LogP contribution in [-0.4, -0.2) is 28.5 Å². The fourth-order valence-electron chi connectivity index (χ4n) is 1.98. The third-order valence-electron chi connectivity index (χ3n) is 2.97. The molecule has 92 valence electrons. The lowest BCUT2D eigenvalue weighted by molar-refractivity contribution is 0.347. The van der Waals surface area contributed by atoms with Gasteiger partial charge < -0.3 is 4.57 Å². The highest BCUT2D eigenvalue weighted by atomic mass is 15.2. The molecule has 1 heterocycles. The topological polar surface area (TPSA) is 44.9 Å². The van der Waals surface area contributed by atoms with E-state index in [0.717, 1.165) is 17.1 Å². The van der Waals surface area contributed by atoms with Crippen molar-refractivity contribution in [2.45, 2.75) is 6.04 Å². The van der Waals surface area contributed by atoms with Crippen LogP contribution >= 0.6 is 0 Å². The van der Waals surface area contributed by atoms with E-state index < -0.39 is 0 Å². The highest BCUT2D eigenvalue weighted by molar-refractivity contribution is 5.56. The molecule has 0 saturated carbocycles. The Morgan fingerprint density at radius 3 is 2.50 bits per heavy atom. The van der Waals surface area contributed by atoms with Gasteiger partial charge in [-0.2, -0.15) is 5.26 Å². The minimum atomic E-state index is -0.278. The molecule has 0 aliphatic carbocycles. The monoisotopic (exact) mass is 240 g/mol. The van der Waals surface area contributed by atoms with Gasteiger partial charge in [-0.3, -0.25) is 4.90 Å². The van der Waals surface area contributed by atoms with Gasteiger partial charge in [0.25, 0.3) is 0 Å². The van der Waals surface area contributed by atoms with E-state index in [1.165, 1.54) is 0 Å². The Balaban J connectivity index is 2.45. The van der Waals surface area contributed by atoms with Crippen LogP contribution in [0, 0.1) is 11.3 Å². The predicted molar refractivity (Wildman–Crippen MR) is 70.7 cm³/mol. The second-order valence-corrected chi connectivity index (χ2v) is 4.43. The quantitative estimate of drug-likeness (QED) is 0.826. The van der Waals surface area contributed by atoms with Crippen LogP contribution in [0.4, 0.5) is 0 Å². The van der Waals surface area contributed by atoms with Crippen molar-refractivity contribution in [3.8, 4) is 17.5 Å². The molecular formula is C14H16N4. The Hall–Kier alpha value is -2.12. The summed E-state index contributed by atoms with van der Waals surface area (Å²) in [5.74, 6) is 0.882. The first kappa shape index (κ1) is 12.3. The molecule has 0 amide bonds. The van der Waals surface area contributed by atoms with E-state index in [0.29, 0.717) is 0 Å². The summed E-state index contributed by atoms with van der Waals surface area (Å²) in [6.45, 7) is 0. The van der Waals surface area contributed by atoms with Crippen molar-refractivity contribution in [3.05, 3.63) is 42.2 Å². The van der Waals surface area contributed by atoms with Crippen LogP contribution in [0.2, 0.25) is 0 Å². The molecule has 4 heteroatoms. The number of nitriles is 1. The molecule has 2 aromatic rings. The average molecular weight is 240 g/mol. The molecule has 0 bridgehead atoms. The number of aromatic nitrogens is 2. The maximum Gasteiger partial charge on any atom is 0.140 e. The van der Waals surface area contributed by atoms with Gasteiger partial charge in [-0.1, -0.05) is 30.3 Å². The van der Waals surface area contributed by atoms with Crippen LogP contribution in [0.15, 0.2) is 36.5 Å². The lowest BCUT2D eigenvalue weighted by Gasteiger charge is -2.17. The summed E-state index contributed by atoms with van der Waals surface area (Å²) in [6.07, 6.45) is 1.77. The first-order valence-electron chi connectivity index (χ1n) is 5.78. The molecule has 18 heavy (non-hydrogen) atoms. The van der Waals surface area contributed by atoms with Crippen molar-refractivity contribution >= 4 is 0 Å². The standard InChI is InChI=1S/C14H16N4/c1-17(2)12(9-15)13-10-16-14(18(13)3)11-7-5-4-6-8-11/h4-8,10,12H,1-3H3. The molecule has 0 aliphatic rings. The van der Waals surface area contributed by atoms with Gasteiger partial charge in [-0.25, -0.2) is 4.98 Å². The van der Waals surface area contributed by atoms with Gasteiger partial charge in [0, 0.05) is 12.6 Å². The van der Waals surface area contributed by atoms with Crippen molar-refractivity contribution in [2.24, 2.45) is 7.05 Å². The number of hydrogen-bond donors (Lipinski definition) is 0. The van der Waals surface area contributed by atoms with Crippen molar-refractivity contribution < 1.29 is 0 Å². The molecule has 2 rings (SSSR count). The zero-order chi connectivity index (χ0) is 13.1. The first-order valence-corrected chi connectivity index (χ1v) is 5.78. The van der Waals surface area contributed by atoms with Crippen LogP contribution in [0.1, 0.15) is 11.7 Å². The van der Waals surface area contributed by atoms with E-state index in [1.54, 1.807) is 6.20 Å². The van der Waals surface area contributed by atoms with Gasteiger partial charge in [-0.15, -0.1) is 0 Å². The SMILES string of the molecule is CN(C)C(C#N)c1cnc(-c2ccccc2)n1C. The second kappa shape index (κ2) is 5.03. The third kappa shape index (κ3) is 2.13. The molecule has 1 aromatic carbocycles. The highest BCUT2D eigenvalue weighted by Gasteiger charge is 2.19. The maximum atomic E-state index is 9.22. The number of hydrogen-bond acceptors (Lipinski definition) is 3. The first-order chi connectivity index (χ1) is 8.65. The van der Waals surface area contributed by atoms with Gasteiger partial charge in [0.15, 0.2) is 0 Å². The fourth-order valence-corrected chi connectivity index (χ4v) is 1.98. The molecule has 1 unspecified atom stereocenters. The van der Waals surface area contributed by atoms with Gasteiger partial charge in [0.05, 0.1) is 18.0 Å². The van der Waals surface area contributed by atoms with Gasteiger partial charge in [0.1, 0.15) is 11.9 Å². The van der Waals surface area contributed by atoms with E-state index in [-0.39, 0.29) is 6.04 Å². The minimum Gasteiger partial charge on any atom is -0.329 e. The molecule has 0 N–H and O–H groups in total. The number of rotatable bonds is 3. The molecule has 4 nitrogen and oxygen atoms in total. The molecule has 0 spiro atoms. The Labute approximate surface area is 107 Å². The molecular weight excluding hydrogens is 224 g/mol. The minimum absolute atomic E-state index is 0.278. The van der Waals surface area contributed by atoms with E-state index in [9.17, 15) is 5.26 Å². The van der Waals surface area contributed by atoms with E-state index in [1.807, 2.05) is 60.9 Å². The molecule has 1 atom stereocenters. The van der Waals surface area contributed by atoms with Gasteiger partial charge >= 0.3 is 0 Å². The molecule has 1 aromatic heterocycles. The van der Waals surface area contributed by atoms with Crippen LogP contribution in [-0.2, 0) is 7.05 Å². The number of nitrogens with zero attached hydrogens (tertiary/aromatic N) is 4. The molecule has 0 radical (unpaired) electrons. The smallest absolute Gasteiger partial charge is 0.140 e. The highest BCUT2D eigenvalue weighted by Crippen LogP contribution is 2.23. The normalized spacial score (nSPS) is 12.4. The van der Waals surface area contributed by atoms with Crippen LogP contribution in [0.25, 0.3) is 11.4 Å². The van der Waals surface area contributed by atoms with Crippen LogP contribution < -0.4 is 0 Å². The summed E-state index contributed by atoms with van der Waals surface area (Å²) in [7, 11) is 5.73. The summed E-state index contributed by atoms with van der Waals surface area (Å²) in [4.78, 5) is 6.30. The lowest BCUT2D eigenvalue weighted by Crippen LogP contribution is -2.20. The summed E-state index contributed by atoms with van der Waals surface area (Å²) < 4.78 is 1.98. The number of benzene rings is 1. The molecule has 0 aliphatic heterocycles. The van der Waals surface area contributed by atoms with E-state index in [2.05, 4.69) is 11.1 Å². The fraction of sp³-hybridized carbons (Fsp3) is 0.286. The number of imidazole rings is 1. The Morgan fingerprint density at radius 1 is 1.28 bits per heavy atom. The van der Waals surface area contributed by atoms with Crippen molar-refractivity contribution in [3.63, 3.8) is 0 Å². The van der Waals surface area contributed by atoms with Gasteiger partial charge in [0.2, 0.25) is 0 Å². The summed E-state index contributed by atoms with van der Waals surface area (Å²) in [5, 5.41) is 9.22. The maximum absolute atomic E-state index is 9.22. The van der Waals surface area contributed by atoms with Crippen molar-refractivity contribution in [1.29, 1.82) is 5.26 Å². The Bertz CT molecular complexity index is 563. The second-order valence-electron chi connectivity index (χ2n) is 4.43. The average Bonchev–Trinajstić information content (AvgIpc) is 2.73. The largest absolute Gasteiger partial charge is 0.329 e. The van der Waals surface area contributed by atoms with Crippen molar-refractivity contribution in [1.82, 2.24) is 14.5 Å². The summed E-state index contributed by atoms with van der Waals surface area (Å²) >= 11 is 0. The van der Waals surface area contributed by atoms with Crippen molar-refractivity contribution in [2.75, 3.05) is 14.1 Å². The molecule has 0 saturated heterocycles. The summed E-state index contributed by atoms with van der Waals surface area (Å²) in [5.41, 5.74) is 1.96. The van der Waals surface area contributed by atoms with Gasteiger partial charge in [-0.05, 0) is 14.1 Å². The zero-order valence-electron chi connectivity index (χ0n) is 10.8. The Kier molecular flexibility index (Phi) is 3.45. The zero-order valence-corrected chi connectivity index (χ0v) is 10.8.